The predicted octanol–water partition coefficient (Wildman–Crippen LogP) is 2.42. The Kier molecular flexibility index (Phi) is 5.48. The molecule has 0 spiro atoms. The van der Waals surface area contributed by atoms with Gasteiger partial charge in [0.05, 0.1) is 11.1 Å². The number of carbonyl (C=O) groups is 2. The van der Waals surface area contributed by atoms with E-state index in [0.29, 0.717) is 0 Å². The summed E-state index contributed by atoms with van der Waals surface area (Å²) in [5.74, 6) is 1.78. The Hall–Kier alpha value is -2.43. The SMILES string of the molecule is Cc1c(C(=O)O)cccc1C(=O)O.b1ccccc1. The molecule has 0 unspecified atom stereocenters. The van der Waals surface area contributed by atoms with Crippen LogP contribution in [0.1, 0.15) is 26.3 Å². The van der Waals surface area contributed by atoms with E-state index < -0.39 is 11.9 Å². The van der Waals surface area contributed by atoms with Gasteiger partial charge in [-0.25, -0.2) is 9.59 Å². The molecule has 0 aliphatic heterocycles. The molecule has 2 rings (SSSR count). The Morgan fingerprint density at radius 2 is 1.37 bits per heavy atom. The van der Waals surface area contributed by atoms with E-state index in [-0.39, 0.29) is 16.7 Å². The third-order valence-electron chi connectivity index (χ3n) is 2.46. The summed E-state index contributed by atoms with van der Waals surface area (Å²) in [6, 6.07) is 10.2. The van der Waals surface area contributed by atoms with Gasteiger partial charge in [0.25, 0.3) is 0 Å². The first-order valence-corrected chi connectivity index (χ1v) is 5.60. The zero-order valence-electron chi connectivity index (χ0n) is 10.4. The van der Waals surface area contributed by atoms with Crippen molar-refractivity contribution in [2.24, 2.45) is 0 Å². The van der Waals surface area contributed by atoms with Crippen LogP contribution in [0, 0.1) is 6.92 Å². The molecular formula is C14H13BO4. The second kappa shape index (κ2) is 7.11. The summed E-state index contributed by atoms with van der Waals surface area (Å²) in [7, 11) is 0. The molecule has 1 aromatic heterocycles. The molecule has 0 amide bonds. The molecule has 1 aromatic carbocycles. The Morgan fingerprint density at radius 3 is 1.63 bits per heavy atom. The molecular weight excluding hydrogens is 243 g/mol. The standard InChI is InChI=1S/C9H8O4.C5H5B/c1-5-6(8(10)11)3-2-4-7(5)9(12)13;1-2-4-6-5-3-1/h2-4H,1H3,(H,10,11)(H,12,13);1-5H. The molecule has 0 saturated heterocycles. The maximum absolute atomic E-state index is 10.6. The molecule has 0 fully saturated rings. The van der Waals surface area contributed by atoms with Crippen molar-refractivity contribution in [3.8, 4) is 0 Å². The van der Waals surface area contributed by atoms with Crippen LogP contribution in [0.4, 0.5) is 0 Å². The average molecular weight is 256 g/mol. The molecule has 0 aliphatic carbocycles. The van der Waals surface area contributed by atoms with E-state index in [1.54, 1.807) is 0 Å². The molecule has 4 nitrogen and oxygen atoms in total. The van der Waals surface area contributed by atoms with Gasteiger partial charge in [-0.1, -0.05) is 6.07 Å². The number of aromatic carboxylic acids is 2. The van der Waals surface area contributed by atoms with Crippen molar-refractivity contribution < 1.29 is 19.8 Å². The summed E-state index contributed by atoms with van der Waals surface area (Å²) >= 11 is 0. The summed E-state index contributed by atoms with van der Waals surface area (Å²) in [6.07, 6.45) is 0. The summed E-state index contributed by atoms with van der Waals surface area (Å²) in [6.45, 7) is 3.48. The van der Waals surface area contributed by atoms with Crippen LogP contribution < -0.4 is 0 Å². The van der Waals surface area contributed by atoms with Crippen LogP contribution in [0.2, 0.25) is 0 Å². The molecule has 19 heavy (non-hydrogen) atoms. The van der Waals surface area contributed by atoms with E-state index in [4.69, 9.17) is 10.2 Å². The van der Waals surface area contributed by atoms with E-state index in [0.717, 1.165) is 0 Å². The first-order chi connectivity index (χ1) is 9.04. The van der Waals surface area contributed by atoms with E-state index in [1.165, 1.54) is 25.1 Å². The molecule has 0 saturated carbocycles. The van der Waals surface area contributed by atoms with E-state index in [2.05, 4.69) is 0 Å². The monoisotopic (exact) mass is 256 g/mol. The van der Waals surface area contributed by atoms with E-state index in [9.17, 15) is 9.59 Å². The van der Waals surface area contributed by atoms with Crippen molar-refractivity contribution in [2.75, 3.05) is 0 Å². The molecule has 0 aliphatic rings. The summed E-state index contributed by atoms with van der Waals surface area (Å²) in [4.78, 5) is 21.2. The van der Waals surface area contributed by atoms with Gasteiger partial charge in [0.2, 0.25) is 0 Å². The van der Waals surface area contributed by atoms with Gasteiger partial charge in [0.1, 0.15) is 0 Å². The topological polar surface area (TPSA) is 74.6 Å². The van der Waals surface area contributed by atoms with Crippen molar-refractivity contribution in [2.45, 2.75) is 6.92 Å². The summed E-state index contributed by atoms with van der Waals surface area (Å²) in [5, 5.41) is 17.4. The van der Waals surface area contributed by atoms with Crippen LogP contribution in [-0.4, -0.2) is 29.1 Å². The molecule has 5 heteroatoms. The van der Waals surface area contributed by atoms with Gasteiger partial charge in [-0.05, 0) is 24.6 Å². The van der Waals surface area contributed by atoms with Gasteiger partial charge in [-0.3, -0.25) is 0 Å². The minimum atomic E-state index is -1.11. The molecule has 0 radical (unpaired) electrons. The van der Waals surface area contributed by atoms with Gasteiger partial charge in [0.15, 0.2) is 0 Å². The van der Waals surface area contributed by atoms with Crippen LogP contribution in [0.25, 0.3) is 0 Å². The van der Waals surface area contributed by atoms with Gasteiger partial charge in [0, 0.05) is 0 Å². The Bertz CT molecular complexity index is 508. The summed E-state index contributed by atoms with van der Waals surface area (Å²) in [5.41, 5.74) is 0.335. The van der Waals surface area contributed by atoms with Crippen molar-refractivity contribution in [3.05, 3.63) is 65.0 Å². The van der Waals surface area contributed by atoms with Gasteiger partial charge < -0.3 is 10.2 Å². The summed E-state index contributed by atoms with van der Waals surface area (Å²) < 4.78 is 0. The molecule has 96 valence electrons. The number of carboxylic acid groups (broad SMARTS) is 2. The second-order valence-electron chi connectivity index (χ2n) is 3.74. The van der Waals surface area contributed by atoms with Crippen LogP contribution in [0.15, 0.2) is 48.3 Å². The van der Waals surface area contributed by atoms with Gasteiger partial charge >= 0.3 is 49.0 Å². The van der Waals surface area contributed by atoms with Gasteiger partial charge in [-0.2, -0.15) is 0 Å². The molecule has 2 aromatic rings. The number of carboxylic acids is 2. The van der Waals surface area contributed by atoms with Crippen LogP contribution in [0.5, 0.6) is 0 Å². The fourth-order valence-electron chi connectivity index (χ4n) is 1.48. The average Bonchev–Trinajstić information content (AvgIpc) is 2.41. The van der Waals surface area contributed by atoms with Crippen molar-refractivity contribution in [1.29, 1.82) is 0 Å². The third-order valence-corrected chi connectivity index (χ3v) is 2.46. The van der Waals surface area contributed by atoms with Crippen molar-refractivity contribution >= 4 is 18.8 Å². The van der Waals surface area contributed by atoms with Crippen molar-refractivity contribution in [1.82, 2.24) is 0 Å². The molecule has 2 N–H and O–H groups in total. The minimum absolute atomic E-state index is 0.0277. The number of hydrogen-bond acceptors (Lipinski definition) is 2. The van der Waals surface area contributed by atoms with Crippen molar-refractivity contribution in [3.63, 3.8) is 0 Å². The number of benzene rings is 1. The van der Waals surface area contributed by atoms with E-state index >= 15 is 0 Å². The Morgan fingerprint density at radius 1 is 0.895 bits per heavy atom. The van der Waals surface area contributed by atoms with Crippen LogP contribution in [-0.2, 0) is 0 Å². The van der Waals surface area contributed by atoms with Crippen LogP contribution >= 0.6 is 0 Å². The zero-order valence-corrected chi connectivity index (χ0v) is 10.4. The second-order valence-corrected chi connectivity index (χ2v) is 3.74. The fraction of sp³-hybridized carbons (Fsp3) is 0.0714. The van der Waals surface area contributed by atoms with E-state index in [1.807, 2.05) is 37.0 Å². The normalized spacial score (nSPS) is 8.89. The van der Waals surface area contributed by atoms with Gasteiger partial charge in [-0.15, -0.1) is 0 Å². The fourth-order valence-corrected chi connectivity index (χ4v) is 1.48. The first-order valence-electron chi connectivity index (χ1n) is 5.60. The Labute approximate surface area is 111 Å². The zero-order chi connectivity index (χ0) is 14.3. The third kappa shape index (κ3) is 4.39. The predicted molar refractivity (Wildman–Crippen MR) is 72.9 cm³/mol. The van der Waals surface area contributed by atoms with Crippen LogP contribution in [0.3, 0.4) is 0 Å². The first kappa shape index (κ1) is 14.6. The molecule has 0 atom stereocenters. The molecule has 1 heterocycles. The Balaban J connectivity index is 0.000000250. The maximum atomic E-state index is 10.6. The quantitative estimate of drug-likeness (QED) is 0.865. The number of hydrogen-bond donors (Lipinski definition) is 2. The molecule has 0 bridgehead atoms. The number of rotatable bonds is 2.